The summed E-state index contributed by atoms with van der Waals surface area (Å²) in [4.78, 5) is 17.0. The van der Waals surface area contributed by atoms with Gasteiger partial charge in [-0.3, -0.25) is 4.98 Å². The zero-order valence-electron chi connectivity index (χ0n) is 12.7. The largest absolute Gasteiger partial charge is 0.493 e. The first-order valence-electron chi connectivity index (χ1n) is 7.88. The molecule has 2 aromatic rings. The van der Waals surface area contributed by atoms with Gasteiger partial charge in [0.25, 0.3) is 0 Å². The topological polar surface area (TPSA) is 62.7 Å². The van der Waals surface area contributed by atoms with Crippen LogP contribution in [0.25, 0.3) is 11.1 Å². The highest BCUT2D eigenvalue weighted by Gasteiger charge is 2.39. The highest BCUT2D eigenvalue weighted by molar-refractivity contribution is 5.72. The average molecular weight is 310 g/mol. The van der Waals surface area contributed by atoms with Gasteiger partial charge in [0, 0.05) is 42.5 Å². The Morgan fingerprint density at radius 3 is 2.96 bits per heavy atom. The summed E-state index contributed by atoms with van der Waals surface area (Å²) < 4.78 is 6.07. The van der Waals surface area contributed by atoms with E-state index in [1.54, 1.807) is 6.20 Å². The Kier molecular flexibility index (Phi) is 3.41. The fourth-order valence-electron chi connectivity index (χ4n) is 3.74. The molecule has 1 N–H and O–H groups in total. The molecule has 4 rings (SSSR count). The smallest absolute Gasteiger partial charge is 0.407 e. The number of fused-ring (bicyclic) bond motifs is 3. The molecule has 23 heavy (non-hydrogen) atoms. The molecule has 1 aromatic carbocycles. The van der Waals surface area contributed by atoms with Crippen molar-refractivity contribution in [3.8, 4) is 16.9 Å². The molecule has 5 heteroatoms. The summed E-state index contributed by atoms with van der Waals surface area (Å²) in [6.45, 7) is 1.77. The molecule has 0 aliphatic carbocycles. The Morgan fingerprint density at radius 2 is 2.17 bits per heavy atom. The Hall–Kier alpha value is -2.56. The summed E-state index contributed by atoms with van der Waals surface area (Å²) in [7, 11) is 0. The number of hydrogen-bond acceptors (Lipinski definition) is 3. The van der Waals surface area contributed by atoms with Crippen LogP contribution in [0.2, 0.25) is 0 Å². The van der Waals surface area contributed by atoms with Gasteiger partial charge < -0.3 is 14.7 Å². The van der Waals surface area contributed by atoms with E-state index in [4.69, 9.17) is 4.74 Å². The highest BCUT2D eigenvalue weighted by atomic mass is 16.5. The van der Waals surface area contributed by atoms with Crippen LogP contribution < -0.4 is 4.74 Å². The number of ether oxygens (including phenoxy) is 1. The van der Waals surface area contributed by atoms with Crippen molar-refractivity contribution in [1.82, 2.24) is 9.88 Å². The van der Waals surface area contributed by atoms with Crippen molar-refractivity contribution in [2.24, 2.45) is 5.92 Å². The second kappa shape index (κ2) is 5.57. The monoisotopic (exact) mass is 310 g/mol. The summed E-state index contributed by atoms with van der Waals surface area (Å²) in [5.74, 6) is 1.43. The number of rotatable bonds is 1. The number of nitrogens with zero attached hydrogens (tertiary/aromatic N) is 2. The number of amides is 1. The quantitative estimate of drug-likeness (QED) is 0.878. The molecule has 0 radical (unpaired) electrons. The molecule has 2 atom stereocenters. The molecule has 1 saturated heterocycles. The van der Waals surface area contributed by atoms with Gasteiger partial charge in [-0.2, -0.15) is 0 Å². The van der Waals surface area contributed by atoms with Crippen molar-refractivity contribution in [1.29, 1.82) is 0 Å². The minimum Gasteiger partial charge on any atom is -0.493 e. The molecule has 2 aliphatic rings. The minimum absolute atomic E-state index is 0.209. The van der Waals surface area contributed by atoms with Crippen LogP contribution in [-0.2, 0) is 0 Å². The van der Waals surface area contributed by atoms with Crippen LogP contribution in [0.15, 0.2) is 42.7 Å². The number of carbonyl (C=O) groups is 1. The predicted octanol–water partition coefficient (Wildman–Crippen LogP) is 3.22. The van der Waals surface area contributed by atoms with E-state index in [-0.39, 0.29) is 5.92 Å². The van der Waals surface area contributed by atoms with Gasteiger partial charge in [-0.05, 0) is 24.0 Å². The lowest BCUT2D eigenvalue weighted by Crippen LogP contribution is -2.27. The summed E-state index contributed by atoms with van der Waals surface area (Å²) in [6.07, 6.45) is 3.64. The van der Waals surface area contributed by atoms with Gasteiger partial charge in [0.05, 0.1) is 6.61 Å². The molecule has 0 spiro atoms. The molecule has 5 nitrogen and oxygen atoms in total. The van der Waals surface area contributed by atoms with Gasteiger partial charge in [-0.25, -0.2) is 4.79 Å². The Morgan fingerprint density at radius 1 is 1.26 bits per heavy atom. The van der Waals surface area contributed by atoms with Crippen molar-refractivity contribution in [3.63, 3.8) is 0 Å². The Bertz CT molecular complexity index is 732. The Balaban J connectivity index is 1.78. The zero-order valence-corrected chi connectivity index (χ0v) is 12.7. The number of para-hydroxylation sites is 1. The third-order valence-corrected chi connectivity index (χ3v) is 4.86. The van der Waals surface area contributed by atoms with Gasteiger partial charge in [-0.15, -0.1) is 0 Å². The van der Waals surface area contributed by atoms with Gasteiger partial charge >= 0.3 is 6.09 Å². The van der Waals surface area contributed by atoms with Gasteiger partial charge in [0.2, 0.25) is 0 Å². The summed E-state index contributed by atoms with van der Waals surface area (Å²) in [5, 5.41) is 9.30. The summed E-state index contributed by atoms with van der Waals surface area (Å²) in [5.41, 5.74) is 3.18. The molecule has 1 aromatic heterocycles. The van der Waals surface area contributed by atoms with E-state index in [9.17, 15) is 9.90 Å². The van der Waals surface area contributed by atoms with E-state index < -0.39 is 6.09 Å². The van der Waals surface area contributed by atoms with E-state index in [2.05, 4.69) is 11.1 Å². The van der Waals surface area contributed by atoms with Gasteiger partial charge in [0.1, 0.15) is 5.75 Å². The summed E-state index contributed by atoms with van der Waals surface area (Å²) in [6, 6.07) is 10.1. The fraction of sp³-hybridized carbons (Fsp3) is 0.333. The lowest BCUT2D eigenvalue weighted by Gasteiger charge is -2.18. The minimum atomic E-state index is -0.830. The second-order valence-electron chi connectivity index (χ2n) is 6.16. The molecule has 0 bridgehead atoms. The zero-order chi connectivity index (χ0) is 15.8. The average Bonchev–Trinajstić information content (AvgIpc) is 2.92. The summed E-state index contributed by atoms with van der Waals surface area (Å²) >= 11 is 0. The number of likely N-dealkylation sites (tertiary alicyclic amines) is 1. The molecule has 1 fully saturated rings. The number of hydrogen-bond donors (Lipinski definition) is 1. The van der Waals surface area contributed by atoms with E-state index in [0.29, 0.717) is 25.6 Å². The molecule has 2 unspecified atom stereocenters. The van der Waals surface area contributed by atoms with Crippen LogP contribution in [0.4, 0.5) is 4.79 Å². The molecule has 2 aliphatic heterocycles. The first kappa shape index (κ1) is 14.1. The maximum atomic E-state index is 11.3. The molecule has 0 saturated carbocycles. The van der Waals surface area contributed by atoms with Crippen molar-refractivity contribution in [3.05, 3.63) is 48.3 Å². The third-order valence-electron chi connectivity index (χ3n) is 4.86. The lowest BCUT2D eigenvalue weighted by atomic mass is 9.86. The van der Waals surface area contributed by atoms with Crippen molar-refractivity contribution >= 4 is 6.09 Å². The molecule has 118 valence electrons. The fourth-order valence-corrected chi connectivity index (χ4v) is 3.74. The highest BCUT2D eigenvalue weighted by Crippen LogP contribution is 2.45. The van der Waals surface area contributed by atoms with E-state index in [1.807, 2.05) is 30.5 Å². The SMILES string of the molecule is O=C(O)N1CC2CCOc3c(-c4cccnc4)cccc3C2C1. The van der Waals surface area contributed by atoms with E-state index >= 15 is 0 Å². The molecule has 1 amide bonds. The number of pyridine rings is 1. The van der Waals surface area contributed by atoms with Crippen molar-refractivity contribution in [2.75, 3.05) is 19.7 Å². The van der Waals surface area contributed by atoms with Crippen LogP contribution in [-0.4, -0.2) is 40.8 Å². The normalized spacial score (nSPS) is 22.7. The third kappa shape index (κ3) is 2.42. The van der Waals surface area contributed by atoms with Gasteiger partial charge in [-0.1, -0.05) is 24.3 Å². The molecular formula is C18H18N2O3. The predicted molar refractivity (Wildman–Crippen MR) is 85.6 cm³/mol. The van der Waals surface area contributed by atoms with Crippen LogP contribution in [0.5, 0.6) is 5.75 Å². The lowest BCUT2D eigenvalue weighted by molar-refractivity contribution is 0.152. The maximum Gasteiger partial charge on any atom is 0.407 e. The van der Waals surface area contributed by atoms with Crippen LogP contribution in [0.1, 0.15) is 17.9 Å². The maximum absolute atomic E-state index is 11.3. The standard InChI is InChI=1S/C18H18N2O3/c21-18(22)20-10-13-6-8-23-17-14(12-3-2-7-19-9-12)4-1-5-15(17)16(13)11-20/h1-5,7,9,13,16H,6,8,10-11H2,(H,21,22). The second-order valence-corrected chi connectivity index (χ2v) is 6.16. The van der Waals surface area contributed by atoms with E-state index in [1.165, 1.54) is 4.90 Å². The molecule has 3 heterocycles. The van der Waals surface area contributed by atoms with E-state index in [0.717, 1.165) is 28.9 Å². The van der Waals surface area contributed by atoms with Crippen LogP contribution in [0, 0.1) is 5.92 Å². The first-order chi connectivity index (χ1) is 11.2. The van der Waals surface area contributed by atoms with Crippen LogP contribution >= 0.6 is 0 Å². The number of aromatic nitrogens is 1. The number of carboxylic acid groups (broad SMARTS) is 1. The van der Waals surface area contributed by atoms with Crippen molar-refractivity contribution < 1.29 is 14.6 Å². The number of benzene rings is 1. The van der Waals surface area contributed by atoms with Gasteiger partial charge in [0.15, 0.2) is 0 Å². The first-order valence-corrected chi connectivity index (χ1v) is 7.88. The Labute approximate surface area is 134 Å². The van der Waals surface area contributed by atoms with Crippen molar-refractivity contribution in [2.45, 2.75) is 12.3 Å². The van der Waals surface area contributed by atoms with Crippen LogP contribution in [0.3, 0.4) is 0 Å². The molecular weight excluding hydrogens is 292 g/mol.